The number of ether oxygens (including phenoxy) is 1. The van der Waals surface area contributed by atoms with Gasteiger partial charge in [-0.15, -0.1) is 11.3 Å². The third-order valence-corrected chi connectivity index (χ3v) is 6.31. The Morgan fingerprint density at radius 1 is 1.26 bits per heavy atom. The van der Waals surface area contributed by atoms with Crippen LogP contribution in [0.5, 0.6) is 0 Å². The Balaban J connectivity index is 1.43. The molecular weight excluding hydrogens is 312 g/mol. The zero-order chi connectivity index (χ0) is 15.4. The van der Waals surface area contributed by atoms with Gasteiger partial charge >= 0.3 is 6.09 Å². The molecule has 0 aliphatic carbocycles. The molecule has 120 valence electrons. The van der Waals surface area contributed by atoms with Gasteiger partial charge in [0.15, 0.2) is 0 Å². The van der Waals surface area contributed by atoms with E-state index in [1.165, 1.54) is 0 Å². The molecule has 6 heteroatoms. The molecule has 23 heavy (non-hydrogen) atoms. The van der Waals surface area contributed by atoms with Crippen molar-refractivity contribution in [1.82, 2.24) is 4.90 Å². The maximum Gasteiger partial charge on any atom is 0.415 e. The van der Waals surface area contributed by atoms with Crippen molar-refractivity contribution in [3.63, 3.8) is 0 Å². The molecule has 4 fully saturated rings. The molecule has 2 aromatic rings. The van der Waals surface area contributed by atoms with Gasteiger partial charge in [-0.3, -0.25) is 9.80 Å². The number of fused-ring (bicyclic) bond motifs is 2. The molecule has 0 N–H and O–H groups in total. The predicted molar refractivity (Wildman–Crippen MR) is 87.7 cm³/mol. The molecule has 5 nitrogen and oxygen atoms in total. The first-order chi connectivity index (χ1) is 11.2. The molecule has 6 heterocycles. The van der Waals surface area contributed by atoms with Crippen LogP contribution in [0, 0.1) is 5.92 Å². The monoisotopic (exact) mass is 330 g/mol. The van der Waals surface area contributed by atoms with Gasteiger partial charge in [0.2, 0.25) is 0 Å². The summed E-state index contributed by atoms with van der Waals surface area (Å²) in [5, 5.41) is 2.02. The van der Waals surface area contributed by atoms with Gasteiger partial charge in [0.05, 0.1) is 17.1 Å². The van der Waals surface area contributed by atoms with E-state index in [1.807, 2.05) is 23.6 Å². The maximum absolute atomic E-state index is 12.5. The van der Waals surface area contributed by atoms with Crippen LogP contribution in [0.1, 0.15) is 12.8 Å². The van der Waals surface area contributed by atoms with Crippen molar-refractivity contribution in [1.29, 1.82) is 0 Å². The zero-order valence-electron chi connectivity index (χ0n) is 12.7. The Morgan fingerprint density at radius 3 is 2.83 bits per heavy atom. The maximum atomic E-state index is 12.5. The summed E-state index contributed by atoms with van der Waals surface area (Å²) in [6, 6.07) is 5.95. The highest BCUT2D eigenvalue weighted by Gasteiger charge is 2.55. The molecule has 1 atom stereocenters. The fourth-order valence-corrected chi connectivity index (χ4v) is 4.91. The number of carbonyl (C=O) groups is 1. The van der Waals surface area contributed by atoms with Gasteiger partial charge in [0, 0.05) is 18.5 Å². The van der Waals surface area contributed by atoms with Crippen molar-refractivity contribution in [3.05, 3.63) is 29.8 Å². The fourth-order valence-electron chi connectivity index (χ4n) is 4.23. The third kappa shape index (κ3) is 2.05. The second kappa shape index (κ2) is 4.85. The minimum absolute atomic E-state index is 0.239. The molecule has 2 aromatic heterocycles. The van der Waals surface area contributed by atoms with E-state index in [9.17, 15) is 4.79 Å². The Hall–Kier alpha value is -1.79. The van der Waals surface area contributed by atoms with E-state index in [2.05, 4.69) is 4.90 Å². The summed E-state index contributed by atoms with van der Waals surface area (Å²) in [5.41, 5.74) is 0.472. The van der Waals surface area contributed by atoms with Crippen LogP contribution in [0.15, 0.2) is 34.3 Å². The molecule has 4 aliphatic heterocycles. The van der Waals surface area contributed by atoms with Gasteiger partial charge in [-0.25, -0.2) is 4.79 Å². The second-order valence-corrected chi connectivity index (χ2v) is 7.66. The van der Waals surface area contributed by atoms with Gasteiger partial charge in [-0.2, -0.15) is 0 Å². The normalized spacial score (nSPS) is 32.7. The summed E-state index contributed by atoms with van der Waals surface area (Å²) in [4.78, 5) is 17.7. The summed E-state index contributed by atoms with van der Waals surface area (Å²) in [6.07, 6.45) is 3.69. The van der Waals surface area contributed by atoms with Gasteiger partial charge in [0.1, 0.15) is 17.6 Å². The van der Waals surface area contributed by atoms with Crippen LogP contribution < -0.4 is 4.90 Å². The molecule has 4 saturated heterocycles. The molecule has 1 spiro atoms. The van der Waals surface area contributed by atoms with Gasteiger partial charge < -0.3 is 9.15 Å². The number of hydrogen-bond donors (Lipinski definition) is 0. The van der Waals surface area contributed by atoms with Crippen LogP contribution >= 0.6 is 11.3 Å². The largest absolute Gasteiger partial charge is 0.461 e. The summed E-state index contributed by atoms with van der Waals surface area (Å²) in [7, 11) is 0. The number of piperidine rings is 3. The minimum Gasteiger partial charge on any atom is -0.461 e. The molecular formula is C17H18N2O3S. The average Bonchev–Trinajstić information content (AvgIpc) is 3.28. The number of nitrogens with zero attached hydrogens (tertiary/aromatic N) is 2. The van der Waals surface area contributed by atoms with E-state index in [1.54, 1.807) is 22.5 Å². The van der Waals surface area contributed by atoms with Crippen LogP contribution in [0.4, 0.5) is 10.5 Å². The summed E-state index contributed by atoms with van der Waals surface area (Å²) in [5.74, 6) is 1.29. The molecule has 0 aromatic carbocycles. The van der Waals surface area contributed by atoms with Crippen molar-refractivity contribution in [2.24, 2.45) is 5.92 Å². The van der Waals surface area contributed by atoms with Crippen LogP contribution in [0.3, 0.4) is 0 Å². The first-order valence-electron chi connectivity index (χ1n) is 8.09. The second-order valence-electron chi connectivity index (χ2n) is 6.72. The van der Waals surface area contributed by atoms with E-state index in [-0.39, 0.29) is 11.7 Å². The third-order valence-electron chi connectivity index (χ3n) is 5.42. The van der Waals surface area contributed by atoms with Crippen molar-refractivity contribution < 1.29 is 13.9 Å². The smallest absolute Gasteiger partial charge is 0.415 e. The lowest BCUT2D eigenvalue weighted by Crippen LogP contribution is -2.61. The summed E-state index contributed by atoms with van der Waals surface area (Å²) in [6.45, 7) is 3.78. The fraction of sp³-hybridized carbons (Fsp3) is 0.471. The zero-order valence-corrected chi connectivity index (χ0v) is 13.6. The number of rotatable bonds is 2. The Morgan fingerprint density at radius 2 is 2.13 bits per heavy atom. The lowest BCUT2D eigenvalue weighted by molar-refractivity contribution is -0.0881. The molecule has 0 saturated carbocycles. The lowest BCUT2D eigenvalue weighted by Gasteiger charge is -2.49. The molecule has 4 aliphatic rings. The first kappa shape index (κ1) is 13.6. The van der Waals surface area contributed by atoms with Crippen molar-refractivity contribution in [3.8, 4) is 10.6 Å². The minimum atomic E-state index is -0.325. The Kier molecular flexibility index (Phi) is 2.87. The van der Waals surface area contributed by atoms with Crippen LogP contribution in [-0.4, -0.2) is 42.8 Å². The molecule has 2 bridgehead atoms. The van der Waals surface area contributed by atoms with Crippen molar-refractivity contribution in [2.45, 2.75) is 18.4 Å². The number of amides is 1. The van der Waals surface area contributed by atoms with E-state index in [0.717, 1.165) is 48.8 Å². The Bertz CT molecular complexity index is 733. The van der Waals surface area contributed by atoms with Gasteiger partial charge in [-0.05, 0) is 37.4 Å². The molecule has 0 radical (unpaired) electrons. The molecule has 1 unspecified atom stereocenters. The molecule has 1 amide bonds. The lowest BCUT2D eigenvalue weighted by atomic mass is 9.75. The summed E-state index contributed by atoms with van der Waals surface area (Å²) < 4.78 is 11.6. The van der Waals surface area contributed by atoms with Crippen molar-refractivity contribution >= 4 is 23.1 Å². The van der Waals surface area contributed by atoms with E-state index in [4.69, 9.17) is 9.15 Å². The quantitative estimate of drug-likeness (QED) is 0.846. The average molecular weight is 330 g/mol. The van der Waals surface area contributed by atoms with E-state index in [0.29, 0.717) is 12.5 Å². The number of carbonyl (C=O) groups excluding carboxylic acids is 1. The topological polar surface area (TPSA) is 45.9 Å². The highest BCUT2D eigenvalue weighted by molar-refractivity contribution is 7.13. The van der Waals surface area contributed by atoms with E-state index >= 15 is 0 Å². The van der Waals surface area contributed by atoms with Gasteiger partial charge in [0.25, 0.3) is 0 Å². The first-order valence-corrected chi connectivity index (χ1v) is 8.97. The number of furan rings is 1. The number of hydrogen-bond acceptors (Lipinski definition) is 5. The standard InChI is InChI=1S/C17H18N2O3S/c20-16-19(13-8-14(21-9-13)15-2-1-7-23-15)11-17(22-16)10-18-5-3-12(17)4-6-18/h1-2,7-9,12H,3-6,10-11H2. The molecule has 6 rings (SSSR count). The highest BCUT2D eigenvalue weighted by Crippen LogP contribution is 2.44. The van der Waals surface area contributed by atoms with Crippen LogP contribution in [0.25, 0.3) is 10.6 Å². The number of thiophene rings is 1. The Labute approximate surface area is 138 Å². The van der Waals surface area contributed by atoms with E-state index < -0.39 is 0 Å². The highest BCUT2D eigenvalue weighted by atomic mass is 32.1. The van der Waals surface area contributed by atoms with Crippen LogP contribution in [0.2, 0.25) is 0 Å². The van der Waals surface area contributed by atoms with Crippen molar-refractivity contribution in [2.75, 3.05) is 31.1 Å². The summed E-state index contributed by atoms with van der Waals surface area (Å²) >= 11 is 1.63. The SMILES string of the molecule is O=C1OC2(CN3CCC2CC3)CN1c1coc(-c2cccs2)c1. The van der Waals surface area contributed by atoms with Gasteiger partial charge in [-0.1, -0.05) is 6.07 Å². The number of anilines is 1. The van der Waals surface area contributed by atoms with Crippen LogP contribution in [-0.2, 0) is 4.74 Å². The predicted octanol–water partition coefficient (Wildman–Crippen LogP) is 3.43.